The van der Waals surface area contributed by atoms with Crippen molar-refractivity contribution in [3.63, 3.8) is 0 Å². The first-order valence-electron chi connectivity index (χ1n) is 8.90. The lowest BCUT2D eigenvalue weighted by Gasteiger charge is -2.20. The number of nitrogens with one attached hydrogen (secondary N) is 1. The van der Waals surface area contributed by atoms with E-state index >= 15 is 0 Å². The number of halogens is 3. The second-order valence-corrected chi connectivity index (χ2v) is 7.07. The Morgan fingerprint density at radius 2 is 2.10 bits per heavy atom. The smallest absolute Gasteiger partial charge is 0.408 e. The maximum atomic E-state index is 13.3. The third-order valence-corrected chi connectivity index (χ3v) is 4.92. The van der Waals surface area contributed by atoms with Crippen molar-refractivity contribution in [2.75, 3.05) is 0 Å². The highest BCUT2D eigenvalue weighted by atomic mass is 19.4. The molecule has 0 unspecified atom stereocenters. The number of furan rings is 1. The third kappa shape index (κ3) is 3.44. The number of nitrogens with zero attached hydrogens (tertiary/aromatic N) is 4. The maximum Gasteiger partial charge on any atom is 0.408 e. The average molecular weight is 403 g/mol. The summed E-state index contributed by atoms with van der Waals surface area (Å²) in [6.07, 6.45) is -2.44. The predicted octanol–water partition coefficient (Wildman–Crippen LogP) is 4.23. The number of amides is 1. The average Bonchev–Trinajstić information content (AvgIpc) is 3.27. The normalized spacial score (nSPS) is 15.3. The number of aromatic nitrogens is 3. The van der Waals surface area contributed by atoms with E-state index in [-0.39, 0.29) is 17.1 Å². The first-order chi connectivity index (χ1) is 13.7. The number of aryl methyl sites for hydroxylation is 2. The zero-order valence-electron chi connectivity index (χ0n) is 15.5. The standard InChI is InChI=1S/C19H16F3N5O2/c1-9-6-14(12-7-15(23-3)29-10(12)2)25-17-13(8-24-27(9)17)18(28)26-16(11-4-5-11)19(20,21)22/h6-8,11,16H,4-5H2,1-2H3,(H,26,28)/t16-/m1/s1. The molecule has 3 heterocycles. The Morgan fingerprint density at radius 3 is 2.69 bits per heavy atom. The first-order valence-corrected chi connectivity index (χ1v) is 8.90. The Bertz CT molecular complexity index is 1150. The van der Waals surface area contributed by atoms with Gasteiger partial charge in [0.2, 0.25) is 0 Å². The highest BCUT2D eigenvalue weighted by molar-refractivity contribution is 6.00. The van der Waals surface area contributed by atoms with Crippen molar-refractivity contribution >= 4 is 17.4 Å². The molecule has 4 rings (SSSR count). The van der Waals surface area contributed by atoms with Crippen LogP contribution in [0.5, 0.6) is 0 Å². The number of fused-ring (bicyclic) bond motifs is 1. The number of hydrogen-bond acceptors (Lipinski definition) is 4. The molecule has 0 spiro atoms. The van der Waals surface area contributed by atoms with Gasteiger partial charge in [0.15, 0.2) is 5.65 Å². The van der Waals surface area contributed by atoms with Crippen LogP contribution in [-0.4, -0.2) is 32.7 Å². The van der Waals surface area contributed by atoms with Gasteiger partial charge in [-0.3, -0.25) is 4.79 Å². The van der Waals surface area contributed by atoms with E-state index in [1.807, 2.05) is 0 Å². The molecule has 1 aliphatic carbocycles. The lowest BCUT2D eigenvalue weighted by Crippen LogP contribution is -2.46. The molecule has 150 valence electrons. The van der Waals surface area contributed by atoms with E-state index in [9.17, 15) is 18.0 Å². The van der Waals surface area contributed by atoms with E-state index in [2.05, 4.69) is 20.2 Å². The number of hydrogen-bond donors (Lipinski definition) is 1. The van der Waals surface area contributed by atoms with Gasteiger partial charge in [-0.25, -0.2) is 9.50 Å². The molecule has 3 aromatic heterocycles. The summed E-state index contributed by atoms with van der Waals surface area (Å²) in [7, 11) is 0. The van der Waals surface area contributed by atoms with Gasteiger partial charge in [0.1, 0.15) is 11.6 Å². The number of rotatable bonds is 4. The molecular formula is C19H16F3N5O2. The molecule has 0 saturated heterocycles. The Kier molecular flexibility index (Phi) is 4.33. The topological polar surface area (TPSA) is 76.8 Å². The molecule has 0 radical (unpaired) electrons. The lowest BCUT2D eigenvalue weighted by atomic mass is 10.1. The Morgan fingerprint density at radius 1 is 1.38 bits per heavy atom. The minimum Gasteiger partial charge on any atom is -0.484 e. The van der Waals surface area contributed by atoms with Crippen LogP contribution in [0.2, 0.25) is 0 Å². The number of carbonyl (C=O) groups is 1. The Balaban J connectivity index is 1.74. The van der Waals surface area contributed by atoms with Crippen molar-refractivity contribution in [3.8, 4) is 11.3 Å². The summed E-state index contributed by atoms with van der Waals surface area (Å²) in [5.41, 5.74) is 1.73. The SMILES string of the molecule is [C-]#[N+]c1cc(-c2cc(C)n3ncc(C(=O)N[C@H](C4CC4)C(F)(F)F)c3n2)c(C)o1. The molecule has 0 aromatic carbocycles. The first kappa shape index (κ1) is 19.0. The fourth-order valence-electron chi connectivity index (χ4n) is 3.30. The summed E-state index contributed by atoms with van der Waals surface area (Å²) in [4.78, 5) is 20.3. The van der Waals surface area contributed by atoms with E-state index in [4.69, 9.17) is 11.0 Å². The van der Waals surface area contributed by atoms with Crippen molar-refractivity contribution in [1.82, 2.24) is 19.9 Å². The molecule has 3 aromatic rings. The van der Waals surface area contributed by atoms with Crippen LogP contribution >= 0.6 is 0 Å². The van der Waals surface area contributed by atoms with E-state index in [1.165, 1.54) is 16.8 Å². The van der Waals surface area contributed by atoms with E-state index in [0.717, 1.165) is 0 Å². The van der Waals surface area contributed by atoms with Gasteiger partial charge in [-0.05, 0) is 44.7 Å². The van der Waals surface area contributed by atoms with Crippen LogP contribution in [0.15, 0.2) is 22.7 Å². The van der Waals surface area contributed by atoms with Crippen molar-refractivity contribution < 1.29 is 22.4 Å². The van der Waals surface area contributed by atoms with Crippen molar-refractivity contribution in [2.24, 2.45) is 5.92 Å². The zero-order chi connectivity index (χ0) is 20.9. The van der Waals surface area contributed by atoms with Crippen LogP contribution in [0, 0.1) is 26.3 Å². The van der Waals surface area contributed by atoms with Gasteiger partial charge >= 0.3 is 12.1 Å². The van der Waals surface area contributed by atoms with Crippen LogP contribution in [0.4, 0.5) is 19.1 Å². The van der Waals surface area contributed by atoms with E-state index < -0.39 is 24.0 Å². The molecule has 1 saturated carbocycles. The van der Waals surface area contributed by atoms with Gasteiger partial charge in [-0.2, -0.15) is 23.1 Å². The maximum absolute atomic E-state index is 13.3. The molecule has 0 aliphatic heterocycles. The van der Waals surface area contributed by atoms with Crippen LogP contribution in [0.3, 0.4) is 0 Å². The van der Waals surface area contributed by atoms with Gasteiger partial charge in [0, 0.05) is 11.3 Å². The van der Waals surface area contributed by atoms with Gasteiger partial charge < -0.3 is 9.73 Å². The van der Waals surface area contributed by atoms with Gasteiger partial charge in [-0.15, -0.1) is 0 Å². The second-order valence-electron chi connectivity index (χ2n) is 7.07. The summed E-state index contributed by atoms with van der Waals surface area (Å²) in [6.45, 7) is 10.5. The molecule has 1 aliphatic rings. The molecule has 0 bridgehead atoms. The third-order valence-electron chi connectivity index (χ3n) is 4.92. The predicted molar refractivity (Wildman–Crippen MR) is 96.5 cm³/mol. The van der Waals surface area contributed by atoms with E-state index in [0.29, 0.717) is 35.6 Å². The largest absolute Gasteiger partial charge is 0.484 e. The van der Waals surface area contributed by atoms with Crippen molar-refractivity contribution in [1.29, 1.82) is 0 Å². The molecule has 1 fully saturated rings. The number of carbonyl (C=O) groups excluding carboxylic acids is 1. The van der Waals surface area contributed by atoms with Gasteiger partial charge in [0.05, 0.1) is 24.2 Å². The molecule has 10 heteroatoms. The second kappa shape index (κ2) is 6.62. The minimum atomic E-state index is -4.52. The molecule has 7 nitrogen and oxygen atoms in total. The van der Waals surface area contributed by atoms with Gasteiger partial charge in [0.25, 0.3) is 5.91 Å². The quantitative estimate of drug-likeness (QED) is 0.662. The minimum absolute atomic E-state index is 0.0450. The Labute approximate surface area is 163 Å². The van der Waals surface area contributed by atoms with Crippen LogP contribution in [0.25, 0.3) is 21.7 Å². The summed E-state index contributed by atoms with van der Waals surface area (Å²) in [6, 6.07) is 1.35. The van der Waals surface area contributed by atoms with Crippen LogP contribution in [0.1, 0.15) is 34.7 Å². The van der Waals surface area contributed by atoms with Crippen molar-refractivity contribution in [3.05, 3.63) is 46.8 Å². The van der Waals surface area contributed by atoms with Crippen LogP contribution in [-0.2, 0) is 0 Å². The monoisotopic (exact) mass is 403 g/mol. The fraction of sp³-hybridized carbons (Fsp3) is 0.368. The Hall–Kier alpha value is -3.35. The highest BCUT2D eigenvalue weighted by Gasteiger charge is 2.49. The van der Waals surface area contributed by atoms with Crippen LogP contribution < -0.4 is 5.32 Å². The van der Waals surface area contributed by atoms with Crippen molar-refractivity contribution in [2.45, 2.75) is 38.9 Å². The summed E-state index contributed by atoms with van der Waals surface area (Å²) in [5.74, 6) is -0.889. The zero-order valence-corrected chi connectivity index (χ0v) is 15.5. The molecule has 1 N–H and O–H groups in total. The molecular weight excluding hydrogens is 387 g/mol. The number of alkyl halides is 3. The molecule has 1 amide bonds. The van der Waals surface area contributed by atoms with Gasteiger partial charge in [-0.1, -0.05) is 0 Å². The fourth-order valence-corrected chi connectivity index (χ4v) is 3.30. The molecule has 1 atom stereocenters. The molecule has 29 heavy (non-hydrogen) atoms. The lowest BCUT2D eigenvalue weighted by molar-refractivity contribution is -0.158. The summed E-state index contributed by atoms with van der Waals surface area (Å²) < 4.78 is 46.5. The highest BCUT2D eigenvalue weighted by Crippen LogP contribution is 2.40. The summed E-state index contributed by atoms with van der Waals surface area (Å²) >= 11 is 0. The van der Waals surface area contributed by atoms with E-state index in [1.54, 1.807) is 19.9 Å². The summed E-state index contributed by atoms with van der Waals surface area (Å²) in [5, 5.41) is 6.19.